The Morgan fingerprint density at radius 1 is 0.913 bits per heavy atom. The van der Waals surface area contributed by atoms with Crippen LogP contribution < -0.4 is 5.32 Å². The Morgan fingerprint density at radius 3 is 2.28 bits per heavy atom. The molecular weight excluding hydrogens is 647 g/mol. The summed E-state index contributed by atoms with van der Waals surface area (Å²) in [5.74, 6) is -8.63. The van der Waals surface area contributed by atoms with E-state index in [9.17, 15) is 24.6 Å². The highest BCUT2D eigenvalue weighted by atomic mass is 35.5. The molecular formula is C33H35ClF3NO7S. The van der Waals surface area contributed by atoms with Gasteiger partial charge in [-0.1, -0.05) is 12.8 Å². The van der Waals surface area contributed by atoms with Crippen LogP contribution in [0.4, 0.5) is 13.2 Å². The van der Waals surface area contributed by atoms with E-state index in [-0.39, 0.29) is 48.0 Å². The predicted octanol–water partition coefficient (Wildman–Crippen LogP) is 6.33. The molecule has 0 radical (unpaired) electrons. The van der Waals surface area contributed by atoms with Crippen LogP contribution in [0.5, 0.6) is 5.75 Å². The number of carboxylic acids is 1. The minimum atomic E-state index is -2.03. The normalized spacial score (nSPS) is 15.7. The summed E-state index contributed by atoms with van der Waals surface area (Å²) in [6, 6.07) is 4.12. The number of carbonyl (C=O) groups excluding carboxylic acids is 2. The third kappa shape index (κ3) is 7.35. The number of fused-ring (bicyclic) bond motifs is 2. The molecule has 0 saturated carbocycles. The van der Waals surface area contributed by atoms with Gasteiger partial charge in [-0.2, -0.15) is 10.0 Å². The SMILES string of the molecule is CS1(C)C2=CC(=O)C=CC2=C(c2c(F)c(C(=O)NCCOCCOCCCCCCCl)c(F)c(F)c2C(=O)O)c2ccc(O)cc21. The Balaban J connectivity index is 1.63. The topological polar surface area (TPSA) is 122 Å². The molecule has 2 aromatic carbocycles. The maximum atomic E-state index is 16.4. The van der Waals surface area contributed by atoms with Crippen LogP contribution in [0.25, 0.3) is 5.57 Å². The predicted molar refractivity (Wildman–Crippen MR) is 170 cm³/mol. The Morgan fingerprint density at radius 2 is 1.59 bits per heavy atom. The van der Waals surface area contributed by atoms with Crippen molar-refractivity contribution in [2.75, 3.05) is 51.4 Å². The van der Waals surface area contributed by atoms with Gasteiger partial charge in [-0.3, -0.25) is 9.59 Å². The van der Waals surface area contributed by atoms with E-state index in [1.807, 2.05) is 12.5 Å². The monoisotopic (exact) mass is 681 g/mol. The van der Waals surface area contributed by atoms with Crippen molar-refractivity contribution in [1.82, 2.24) is 5.32 Å². The van der Waals surface area contributed by atoms with E-state index >= 15 is 13.2 Å². The van der Waals surface area contributed by atoms with Gasteiger partial charge in [0.1, 0.15) is 22.7 Å². The summed E-state index contributed by atoms with van der Waals surface area (Å²) in [6.45, 7) is 0.867. The molecule has 46 heavy (non-hydrogen) atoms. The van der Waals surface area contributed by atoms with Crippen LogP contribution in [0.1, 0.15) is 57.5 Å². The zero-order valence-corrected chi connectivity index (χ0v) is 27.0. The molecule has 0 saturated heterocycles. The van der Waals surface area contributed by atoms with Crippen LogP contribution in [0.15, 0.2) is 51.8 Å². The van der Waals surface area contributed by atoms with Gasteiger partial charge in [-0.15, -0.1) is 11.6 Å². The standard InChI is InChI=1S/C33H35ClF3NO7S/c1-46(2)23-17-19(39)7-9-21(23)25(22-10-8-20(40)18-24(22)46)26-27(33(42)43)30(36)31(37)28(29(26)35)32(41)38-12-14-45-16-15-44-13-6-4-3-5-11-34/h7-10,17-18,39H,3-6,11-16H2,1-2H3,(H,38,41)(H,42,43). The lowest BCUT2D eigenvalue weighted by atomic mass is 9.85. The van der Waals surface area contributed by atoms with E-state index in [0.717, 1.165) is 25.7 Å². The third-order valence-corrected chi connectivity index (χ3v) is 10.8. The summed E-state index contributed by atoms with van der Waals surface area (Å²) in [5, 5.41) is 22.5. The van der Waals surface area contributed by atoms with Crippen molar-refractivity contribution >= 4 is 44.9 Å². The van der Waals surface area contributed by atoms with Crippen molar-refractivity contribution in [2.45, 2.75) is 30.6 Å². The average molecular weight is 682 g/mol. The first-order valence-corrected chi connectivity index (χ1v) is 17.6. The first kappa shape index (κ1) is 35.3. The number of alkyl halides is 1. The molecule has 0 bridgehead atoms. The number of amides is 1. The zero-order valence-electron chi connectivity index (χ0n) is 25.4. The molecule has 0 aromatic heterocycles. The van der Waals surface area contributed by atoms with Crippen molar-refractivity contribution in [3.05, 3.63) is 86.6 Å². The molecule has 0 atom stereocenters. The van der Waals surface area contributed by atoms with Crippen LogP contribution in [-0.4, -0.2) is 79.2 Å². The number of halogens is 4. The molecule has 0 spiro atoms. The van der Waals surface area contributed by atoms with Crippen molar-refractivity contribution in [1.29, 1.82) is 0 Å². The first-order valence-electron chi connectivity index (χ1n) is 14.6. The number of hydrogen-bond acceptors (Lipinski definition) is 6. The highest BCUT2D eigenvalue weighted by Crippen LogP contribution is 2.66. The van der Waals surface area contributed by atoms with Crippen LogP contribution in [0.3, 0.4) is 0 Å². The molecule has 1 aliphatic heterocycles. The molecule has 8 nitrogen and oxygen atoms in total. The molecule has 0 fully saturated rings. The summed E-state index contributed by atoms with van der Waals surface area (Å²) in [6.07, 6.45) is 11.4. The fourth-order valence-electron chi connectivity index (χ4n) is 5.40. The fraction of sp³-hybridized carbons (Fsp3) is 0.364. The Hall–Kier alpha value is -3.58. The second kappa shape index (κ2) is 15.3. The van der Waals surface area contributed by atoms with Crippen LogP contribution in [-0.2, 0) is 14.3 Å². The molecule has 3 N–H and O–H groups in total. The first-order chi connectivity index (χ1) is 21.9. The Labute approximate surface area is 271 Å². The number of phenols is 1. The van der Waals surface area contributed by atoms with Gasteiger partial charge in [0, 0.05) is 40.0 Å². The number of phenolic OH excluding ortho intramolecular Hbond substituents is 1. The average Bonchev–Trinajstić information content (AvgIpc) is 3.00. The number of aromatic carboxylic acids is 1. The van der Waals surface area contributed by atoms with Gasteiger partial charge in [0.2, 0.25) is 0 Å². The summed E-state index contributed by atoms with van der Waals surface area (Å²) in [7, 11) is -2.03. The summed E-state index contributed by atoms with van der Waals surface area (Å²) in [4.78, 5) is 38.6. The van der Waals surface area contributed by atoms with E-state index in [4.69, 9.17) is 21.1 Å². The van der Waals surface area contributed by atoms with Crippen LogP contribution in [0, 0.1) is 17.5 Å². The number of allylic oxidation sites excluding steroid dienone is 4. The minimum Gasteiger partial charge on any atom is -0.508 e. The highest BCUT2D eigenvalue weighted by molar-refractivity contribution is 8.36. The van der Waals surface area contributed by atoms with Crippen molar-refractivity contribution in [3.63, 3.8) is 0 Å². The number of unbranched alkanes of at least 4 members (excludes halogenated alkanes) is 3. The number of hydrogen-bond donors (Lipinski definition) is 3. The molecule has 248 valence electrons. The third-order valence-electron chi connectivity index (χ3n) is 7.64. The lowest BCUT2D eigenvalue weighted by Gasteiger charge is -2.43. The number of aromatic hydroxyl groups is 1. The fourth-order valence-corrected chi connectivity index (χ4v) is 8.09. The molecule has 1 amide bonds. The van der Waals surface area contributed by atoms with Gasteiger partial charge in [0.05, 0.1) is 19.8 Å². The number of rotatable bonds is 15. The number of benzene rings is 2. The summed E-state index contributed by atoms with van der Waals surface area (Å²) < 4.78 is 58.1. The quantitative estimate of drug-likeness (QED) is 0.114. The van der Waals surface area contributed by atoms with E-state index in [2.05, 4.69) is 5.32 Å². The van der Waals surface area contributed by atoms with Crippen molar-refractivity contribution < 1.29 is 47.2 Å². The smallest absolute Gasteiger partial charge is 0.339 e. The van der Waals surface area contributed by atoms with Crippen LogP contribution in [0.2, 0.25) is 0 Å². The lowest BCUT2D eigenvalue weighted by Crippen LogP contribution is -2.31. The number of nitrogens with one attached hydrogen (secondary N) is 1. The molecule has 13 heteroatoms. The van der Waals surface area contributed by atoms with E-state index in [0.29, 0.717) is 28.9 Å². The summed E-state index contributed by atoms with van der Waals surface area (Å²) >= 11 is 5.64. The zero-order chi connectivity index (χ0) is 33.6. The van der Waals surface area contributed by atoms with Crippen LogP contribution >= 0.6 is 21.6 Å². The second-order valence-corrected chi connectivity index (χ2v) is 14.9. The van der Waals surface area contributed by atoms with Gasteiger partial charge in [0.15, 0.2) is 17.4 Å². The maximum Gasteiger partial charge on any atom is 0.339 e. The van der Waals surface area contributed by atoms with Gasteiger partial charge in [-0.05, 0) is 72.9 Å². The van der Waals surface area contributed by atoms with Gasteiger partial charge in [-0.25, -0.2) is 18.0 Å². The Bertz CT molecular complexity index is 1640. The van der Waals surface area contributed by atoms with E-state index < -0.39 is 56.0 Å². The number of ketones is 1. The van der Waals surface area contributed by atoms with Gasteiger partial charge < -0.3 is 25.0 Å². The van der Waals surface area contributed by atoms with Gasteiger partial charge in [0.25, 0.3) is 5.91 Å². The summed E-state index contributed by atoms with van der Waals surface area (Å²) in [5.41, 5.74) is -3.15. The lowest BCUT2D eigenvalue weighted by molar-refractivity contribution is -0.110. The highest BCUT2D eigenvalue weighted by Gasteiger charge is 2.40. The number of ether oxygens (including phenoxy) is 2. The van der Waals surface area contributed by atoms with Crippen molar-refractivity contribution in [2.24, 2.45) is 0 Å². The van der Waals surface area contributed by atoms with E-state index in [1.54, 1.807) is 0 Å². The van der Waals surface area contributed by atoms with E-state index in [1.165, 1.54) is 36.4 Å². The number of carbonyl (C=O) groups is 3. The maximum absolute atomic E-state index is 16.4. The van der Waals surface area contributed by atoms with Crippen molar-refractivity contribution in [3.8, 4) is 5.75 Å². The molecule has 1 heterocycles. The Kier molecular flexibility index (Phi) is 11.8. The largest absolute Gasteiger partial charge is 0.508 e. The minimum absolute atomic E-state index is 0.0341. The second-order valence-electron chi connectivity index (χ2n) is 11.0. The molecule has 0 unspecified atom stereocenters. The molecule has 1 aliphatic carbocycles. The molecule has 2 aromatic rings. The molecule has 4 rings (SSSR count). The molecule has 2 aliphatic rings. The van der Waals surface area contributed by atoms with Gasteiger partial charge >= 0.3 is 5.97 Å². The number of carboxylic acid groups (broad SMARTS) is 1.